The number of nitrogens with zero attached hydrogens (tertiary/aromatic N) is 1. The van der Waals surface area contributed by atoms with Crippen LogP contribution in [0.4, 0.5) is 4.39 Å². The monoisotopic (exact) mass is 282 g/mol. The van der Waals surface area contributed by atoms with Crippen LogP contribution in [0.1, 0.15) is 46.2 Å². The van der Waals surface area contributed by atoms with Gasteiger partial charge in [0.2, 0.25) is 0 Å². The molecule has 114 valence electrons. The van der Waals surface area contributed by atoms with Crippen molar-refractivity contribution >= 4 is 0 Å². The highest BCUT2D eigenvalue weighted by atomic mass is 19.1. The number of rotatable bonds is 7. The summed E-state index contributed by atoms with van der Waals surface area (Å²) in [6, 6.07) is 5.38. The van der Waals surface area contributed by atoms with Crippen LogP contribution in [0.2, 0.25) is 0 Å². The van der Waals surface area contributed by atoms with Crippen LogP contribution < -0.4 is 10.5 Å². The van der Waals surface area contributed by atoms with Crippen LogP contribution in [-0.4, -0.2) is 30.1 Å². The minimum atomic E-state index is -0.377. The fourth-order valence-electron chi connectivity index (χ4n) is 2.46. The van der Waals surface area contributed by atoms with Crippen molar-refractivity contribution in [1.29, 1.82) is 0 Å². The van der Waals surface area contributed by atoms with Crippen LogP contribution in [0.5, 0.6) is 5.75 Å². The van der Waals surface area contributed by atoms with Gasteiger partial charge in [0.1, 0.15) is 18.2 Å². The highest BCUT2D eigenvalue weighted by molar-refractivity contribution is 5.36. The molecule has 1 rings (SSSR count). The van der Waals surface area contributed by atoms with Crippen molar-refractivity contribution in [3.63, 3.8) is 0 Å². The van der Waals surface area contributed by atoms with Gasteiger partial charge in [-0.25, -0.2) is 4.39 Å². The van der Waals surface area contributed by atoms with Gasteiger partial charge in [-0.2, -0.15) is 0 Å². The van der Waals surface area contributed by atoms with E-state index in [9.17, 15) is 4.39 Å². The lowest BCUT2D eigenvalue weighted by Gasteiger charge is -2.30. The Morgan fingerprint density at radius 3 is 2.25 bits per heavy atom. The van der Waals surface area contributed by atoms with Crippen molar-refractivity contribution < 1.29 is 9.13 Å². The van der Waals surface area contributed by atoms with Crippen LogP contribution in [0.15, 0.2) is 18.2 Å². The Hall–Kier alpha value is -1.13. The Bertz CT molecular complexity index is 411. The summed E-state index contributed by atoms with van der Waals surface area (Å²) in [6.45, 7) is 11.7. The highest BCUT2D eigenvalue weighted by Crippen LogP contribution is 2.26. The van der Waals surface area contributed by atoms with Gasteiger partial charge in [-0.15, -0.1) is 0 Å². The van der Waals surface area contributed by atoms with Crippen LogP contribution in [-0.2, 0) is 0 Å². The first-order valence-electron chi connectivity index (χ1n) is 7.27. The maximum Gasteiger partial charge on any atom is 0.131 e. The minimum Gasteiger partial charge on any atom is -0.492 e. The van der Waals surface area contributed by atoms with Gasteiger partial charge in [0.15, 0.2) is 0 Å². The Labute approximate surface area is 121 Å². The molecule has 0 saturated carbocycles. The van der Waals surface area contributed by atoms with E-state index < -0.39 is 0 Å². The minimum absolute atomic E-state index is 0.304. The highest BCUT2D eigenvalue weighted by Gasteiger charge is 2.16. The third-order valence-corrected chi connectivity index (χ3v) is 3.40. The summed E-state index contributed by atoms with van der Waals surface area (Å²) in [5.41, 5.74) is 6.26. The number of ether oxygens (including phenoxy) is 1. The second-order valence-corrected chi connectivity index (χ2v) is 5.71. The van der Waals surface area contributed by atoms with Crippen molar-refractivity contribution in [3.8, 4) is 5.75 Å². The van der Waals surface area contributed by atoms with Crippen molar-refractivity contribution in [2.75, 3.05) is 13.2 Å². The standard InChI is InChI=1S/C16H27FN2O/c1-11(2)19(12(3)4)9-10-20-15-8-6-7-14(17)16(15)13(5)18/h6-8,11-13H,9-10,18H2,1-5H3/t13-/m1/s1. The molecule has 3 nitrogen and oxygen atoms in total. The topological polar surface area (TPSA) is 38.5 Å². The first-order valence-corrected chi connectivity index (χ1v) is 7.27. The van der Waals surface area contributed by atoms with Gasteiger partial charge in [-0.3, -0.25) is 4.90 Å². The third kappa shape index (κ3) is 4.46. The zero-order chi connectivity index (χ0) is 15.3. The predicted octanol–water partition coefficient (Wildman–Crippen LogP) is 3.34. The molecule has 1 aromatic rings. The van der Waals surface area contributed by atoms with E-state index in [1.54, 1.807) is 19.1 Å². The summed E-state index contributed by atoms with van der Waals surface area (Å²) < 4.78 is 19.5. The fraction of sp³-hybridized carbons (Fsp3) is 0.625. The summed E-state index contributed by atoms with van der Waals surface area (Å²) >= 11 is 0. The molecule has 2 N–H and O–H groups in total. The Morgan fingerprint density at radius 2 is 1.75 bits per heavy atom. The summed E-state index contributed by atoms with van der Waals surface area (Å²) in [7, 11) is 0. The summed E-state index contributed by atoms with van der Waals surface area (Å²) in [4.78, 5) is 2.34. The molecule has 0 aliphatic carbocycles. The zero-order valence-corrected chi connectivity index (χ0v) is 13.2. The Balaban J connectivity index is 2.69. The van der Waals surface area contributed by atoms with Crippen molar-refractivity contribution in [3.05, 3.63) is 29.6 Å². The van der Waals surface area contributed by atoms with E-state index in [1.165, 1.54) is 6.07 Å². The fourth-order valence-corrected chi connectivity index (χ4v) is 2.46. The van der Waals surface area contributed by atoms with Gasteiger partial charge in [-0.1, -0.05) is 6.07 Å². The SMILES string of the molecule is CC(C)N(CCOc1cccc(F)c1[C@@H](C)N)C(C)C. The molecule has 0 fully saturated rings. The van der Waals surface area contributed by atoms with Crippen LogP contribution >= 0.6 is 0 Å². The van der Waals surface area contributed by atoms with Crippen molar-refractivity contribution in [2.45, 2.75) is 52.7 Å². The van der Waals surface area contributed by atoms with Gasteiger partial charge < -0.3 is 10.5 Å². The average molecular weight is 282 g/mol. The Kier molecular flexibility index (Phi) is 6.43. The molecule has 1 aromatic carbocycles. The molecule has 0 aliphatic heterocycles. The van der Waals surface area contributed by atoms with Crippen molar-refractivity contribution in [1.82, 2.24) is 4.90 Å². The number of hydrogen-bond acceptors (Lipinski definition) is 3. The van der Waals surface area contributed by atoms with Crippen LogP contribution in [0, 0.1) is 5.82 Å². The summed E-state index contributed by atoms with van der Waals surface area (Å²) in [5.74, 6) is 0.245. The molecule has 20 heavy (non-hydrogen) atoms. The molecule has 0 unspecified atom stereocenters. The lowest BCUT2D eigenvalue weighted by Crippen LogP contribution is -2.39. The van der Waals surface area contributed by atoms with Gasteiger partial charge in [0, 0.05) is 30.2 Å². The molecule has 0 spiro atoms. The van der Waals surface area contributed by atoms with E-state index >= 15 is 0 Å². The van der Waals surface area contributed by atoms with E-state index in [2.05, 4.69) is 32.6 Å². The molecular weight excluding hydrogens is 255 g/mol. The van der Waals surface area contributed by atoms with E-state index in [0.717, 1.165) is 6.54 Å². The number of nitrogens with two attached hydrogens (primary N) is 1. The molecule has 0 saturated heterocycles. The van der Waals surface area contributed by atoms with Gasteiger partial charge in [-0.05, 0) is 46.8 Å². The first kappa shape index (κ1) is 16.9. The molecule has 0 heterocycles. The molecular formula is C16H27FN2O. The third-order valence-electron chi connectivity index (χ3n) is 3.40. The lowest BCUT2D eigenvalue weighted by atomic mass is 10.1. The van der Waals surface area contributed by atoms with E-state index in [1.807, 2.05) is 0 Å². The first-order chi connectivity index (χ1) is 9.34. The zero-order valence-electron chi connectivity index (χ0n) is 13.2. The molecule has 0 radical (unpaired) electrons. The predicted molar refractivity (Wildman–Crippen MR) is 81.5 cm³/mol. The average Bonchev–Trinajstić information content (AvgIpc) is 2.33. The van der Waals surface area contributed by atoms with Gasteiger partial charge in [0.25, 0.3) is 0 Å². The molecule has 4 heteroatoms. The molecule has 0 aromatic heterocycles. The molecule has 0 aliphatic rings. The normalized spacial score (nSPS) is 13.3. The lowest BCUT2D eigenvalue weighted by molar-refractivity contribution is 0.141. The van der Waals surface area contributed by atoms with Gasteiger partial charge in [0.05, 0.1) is 0 Å². The maximum atomic E-state index is 13.8. The Morgan fingerprint density at radius 1 is 1.15 bits per heavy atom. The number of hydrogen-bond donors (Lipinski definition) is 1. The molecule has 0 amide bonds. The van der Waals surface area contributed by atoms with E-state index in [-0.39, 0.29) is 11.9 Å². The maximum absolute atomic E-state index is 13.8. The molecule has 0 bridgehead atoms. The summed E-state index contributed by atoms with van der Waals surface area (Å²) in [6.07, 6.45) is 0. The summed E-state index contributed by atoms with van der Waals surface area (Å²) in [5, 5.41) is 0. The quantitative estimate of drug-likeness (QED) is 0.833. The van der Waals surface area contributed by atoms with E-state index in [4.69, 9.17) is 10.5 Å². The number of halogens is 1. The van der Waals surface area contributed by atoms with Crippen LogP contribution in [0.25, 0.3) is 0 Å². The number of benzene rings is 1. The van der Waals surface area contributed by atoms with Crippen LogP contribution in [0.3, 0.4) is 0 Å². The smallest absolute Gasteiger partial charge is 0.131 e. The largest absolute Gasteiger partial charge is 0.492 e. The second-order valence-electron chi connectivity index (χ2n) is 5.71. The molecule has 1 atom stereocenters. The second kappa shape index (κ2) is 7.60. The van der Waals surface area contributed by atoms with E-state index in [0.29, 0.717) is 30.0 Å². The van der Waals surface area contributed by atoms with Gasteiger partial charge >= 0.3 is 0 Å². The van der Waals surface area contributed by atoms with Crippen molar-refractivity contribution in [2.24, 2.45) is 5.73 Å².